The molecule has 132 valence electrons. The average Bonchev–Trinajstić information content (AvgIpc) is 2.89. The first kappa shape index (κ1) is 17.7. The number of likely N-dealkylation sites (tertiary alicyclic amines) is 1. The van der Waals surface area contributed by atoms with Crippen molar-refractivity contribution in [1.82, 2.24) is 9.80 Å². The molecule has 0 unspecified atom stereocenters. The number of carbonyl (C=O) groups excluding carboxylic acids is 1. The molecule has 1 saturated heterocycles. The lowest BCUT2D eigenvalue weighted by Gasteiger charge is -2.23. The Kier molecular flexibility index (Phi) is 5.87. The van der Waals surface area contributed by atoms with Gasteiger partial charge < -0.3 is 9.80 Å². The van der Waals surface area contributed by atoms with Crippen LogP contribution in [0.2, 0.25) is 0 Å². The molecule has 3 rings (SSSR count). The predicted molar refractivity (Wildman–Crippen MR) is 103 cm³/mol. The Morgan fingerprint density at radius 2 is 1.64 bits per heavy atom. The van der Waals surface area contributed by atoms with Crippen molar-refractivity contribution in [3.05, 3.63) is 60.2 Å². The van der Waals surface area contributed by atoms with Crippen molar-refractivity contribution in [1.29, 1.82) is 0 Å². The third-order valence-corrected chi connectivity index (χ3v) is 5.20. The molecule has 25 heavy (non-hydrogen) atoms. The molecule has 0 spiro atoms. The standard InChI is InChI=1S/C22H28N2O/c1-23(2)21-9-6-15-24(16-14-21)22(25)17-18-10-12-20(13-11-18)19-7-4-3-5-8-19/h3-5,7-8,10-13,21H,6,9,14-17H2,1-2H3/t21-/m0/s1. The highest BCUT2D eigenvalue weighted by molar-refractivity contribution is 5.79. The molecule has 0 aromatic heterocycles. The molecule has 3 heteroatoms. The molecule has 1 aliphatic rings. The molecule has 0 bridgehead atoms. The Labute approximate surface area is 151 Å². The molecule has 1 atom stereocenters. The molecule has 0 radical (unpaired) electrons. The van der Waals surface area contributed by atoms with Crippen LogP contribution in [0.5, 0.6) is 0 Å². The largest absolute Gasteiger partial charge is 0.342 e. The maximum atomic E-state index is 12.7. The number of benzene rings is 2. The van der Waals surface area contributed by atoms with Crippen molar-refractivity contribution in [3.63, 3.8) is 0 Å². The van der Waals surface area contributed by atoms with Crippen molar-refractivity contribution in [2.24, 2.45) is 0 Å². The summed E-state index contributed by atoms with van der Waals surface area (Å²) in [7, 11) is 4.27. The van der Waals surface area contributed by atoms with Crippen molar-refractivity contribution in [2.75, 3.05) is 27.2 Å². The predicted octanol–water partition coefficient (Wildman–Crippen LogP) is 3.84. The van der Waals surface area contributed by atoms with Crippen molar-refractivity contribution in [3.8, 4) is 11.1 Å². The van der Waals surface area contributed by atoms with Crippen LogP contribution in [0.25, 0.3) is 11.1 Å². The van der Waals surface area contributed by atoms with Crippen LogP contribution in [0.3, 0.4) is 0 Å². The lowest BCUT2D eigenvalue weighted by atomic mass is 10.0. The highest BCUT2D eigenvalue weighted by Crippen LogP contribution is 2.20. The fraction of sp³-hybridized carbons (Fsp3) is 0.409. The summed E-state index contributed by atoms with van der Waals surface area (Å²) < 4.78 is 0. The van der Waals surface area contributed by atoms with E-state index in [0.717, 1.165) is 31.5 Å². The van der Waals surface area contributed by atoms with E-state index in [1.165, 1.54) is 17.5 Å². The van der Waals surface area contributed by atoms with Gasteiger partial charge in [-0.25, -0.2) is 0 Å². The van der Waals surface area contributed by atoms with E-state index >= 15 is 0 Å². The van der Waals surface area contributed by atoms with Gasteiger partial charge in [-0.05, 0) is 50.0 Å². The quantitative estimate of drug-likeness (QED) is 0.847. The highest BCUT2D eigenvalue weighted by atomic mass is 16.2. The summed E-state index contributed by atoms with van der Waals surface area (Å²) in [6.45, 7) is 1.77. The van der Waals surface area contributed by atoms with Crippen molar-refractivity contribution < 1.29 is 4.79 Å². The number of hydrogen-bond donors (Lipinski definition) is 0. The summed E-state index contributed by atoms with van der Waals surface area (Å²) >= 11 is 0. The minimum Gasteiger partial charge on any atom is -0.342 e. The molecule has 0 saturated carbocycles. The number of carbonyl (C=O) groups is 1. The fourth-order valence-electron chi connectivity index (χ4n) is 3.58. The molecule has 1 fully saturated rings. The van der Waals surface area contributed by atoms with Gasteiger partial charge in [0.05, 0.1) is 6.42 Å². The molecule has 0 aliphatic carbocycles. The van der Waals surface area contributed by atoms with Gasteiger partial charge in [0.25, 0.3) is 0 Å². The molecule has 1 heterocycles. The van der Waals surface area contributed by atoms with Crippen molar-refractivity contribution >= 4 is 5.91 Å². The van der Waals surface area contributed by atoms with Crippen LogP contribution in [0.4, 0.5) is 0 Å². The first-order valence-electron chi connectivity index (χ1n) is 9.22. The second-order valence-corrected chi connectivity index (χ2v) is 7.17. The van der Waals surface area contributed by atoms with Crippen LogP contribution < -0.4 is 0 Å². The van der Waals surface area contributed by atoms with E-state index in [1.54, 1.807) is 0 Å². The molecule has 1 aliphatic heterocycles. The van der Waals surface area contributed by atoms with Gasteiger partial charge in [-0.3, -0.25) is 4.79 Å². The maximum Gasteiger partial charge on any atom is 0.226 e. The van der Waals surface area contributed by atoms with E-state index in [0.29, 0.717) is 12.5 Å². The molecule has 0 N–H and O–H groups in total. The van der Waals surface area contributed by atoms with Gasteiger partial charge in [0, 0.05) is 19.1 Å². The lowest BCUT2D eigenvalue weighted by molar-refractivity contribution is -0.130. The summed E-state index contributed by atoms with van der Waals surface area (Å²) in [5.74, 6) is 0.256. The molecule has 2 aromatic rings. The minimum atomic E-state index is 0.256. The molecule has 3 nitrogen and oxygen atoms in total. The van der Waals surface area contributed by atoms with E-state index in [4.69, 9.17) is 0 Å². The molecule has 2 aromatic carbocycles. The number of rotatable bonds is 4. The normalized spacial score (nSPS) is 18.2. The Balaban J connectivity index is 1.59. The summed E-state index contributed by atoms with van der Waals surface area (Å²) in [6.07, 6.45) is 3.86. The Morgan fingerprint density at radius 3 is 2.32 bits per heavy atom. The first-order valence-corrected chi connectivity index (χ1v) is 9.22. The van der Waals surface area contributed by atoms with Crippen molar-refractivity contribution in [2.45, 2.75) is 31.7 Å². The second kappa shape index (κ2) is 8.30. The number of nitrogens with zero attached hydrogens (tertiary/aromatic N) is 2. The maximum absolute atomic E-state index is 12.7. The summed E-state index contributed by atoms with van der Waals surface area (Å²) in [6, 6.07) is 19.3. The number of amides is 1. The average molecular weight is 336 g/mol. The monoisotopic (exact) mass is 336 g/mol. The topological polar surface area (TPSA) is 23.6 Å². The SMILES string of the molecule is CN(C)[C@H]1CCCN(C(=O)Cc2ccc(-c3ccccc3)cc2)CC1. The van der Waals surface area contributed by atoms with E-state index in [9.17, 15) is 4.79 Å². The third-order valence-electron chi connectivity index (χ3n) is 5.20. The van der Waals surface area contributed by atoms with Gasteiger partial charge >= 0.3 is 0 Å². The molecular weight excluding hydrogens is 308 g/mol. The summed E-state index contributed by atoms with van der Waals surface area (Å²) in [4.78, 5) is 17.0. The second-order valence-electron chi connectivity index (χ2n) is 7.17. The zero-order chi connectivity index (χ0) is 17.6. The zero-order valence-corrected chi connectivity index (χ0v) is 15.3. The van der Waals surface area contributed by atoms with E-state index in [-0.39, 0.29) is 5.91 Å². The van der Waals surface area contributed by atoms with Gasteiger partial charge in [-0.2, -0.15) is 0 Å². The highest BCUT2D eigenvalue weighted by Gasteiger charge is 2.21. The van der Waals surface area contributed by atoms with Crippen LogP contribution in [0, 0.1) is 0 Å². The Bertz CT molecular complexity index is 679. The Morgan fingerprint density at radius 1 is 0.960 bits per heavy atom. The number of hydrogen-bond acceptors (Lipinski definition) is 2. The van der Waals surface area contributed by atoms with Gasteiger partial charge in [-0.15, -0.1) is 0 Å². The lowest BCUT2D eigenvalue weighted by Crippen LogP contribution is -2.34. The fourth-order valence-corrected chi connectivity index (χ4v) is 3.58. The minimum absolute atomic E-state index is 0.256. The zero-order valence-electron chi connectivity index (χ0n) is 15.3. The first-order chi connectivity index (χ1) is 12.1. The van der Waals surface area contributed by atoms with E-state index in [1.807, 2.05) is 18.2 Å². The summed E-state index contributed by atoms with van der Waals surface area (Å²) in [5, 5.41) is 0. The van der Waals surface area contributed by atoms with E-state index < -0.39 is 0 Å². The van der Waals surface area contributed by atoms with E-state index in [2.05, 4.69) is 60.3 Å². The van der Waals surface area contributed by atoms with Crippen LogP contribution >= 0.6 is 0 Å². The smallest absolute Gasteiger partial charge is 0.226 e. The van der Waals surface area contributed by atoms with Crippen LogP contribution in [-0.4, -0.2) is 48.9 Å². The van der Waals surface area contributed by atoms with Crippen LogP contribution in [0.15, 0.2) is 54.6 Å². The Hall–Kier alpha value is -2.13. The summed E-state index contributed by atoms with van der Waals surface area (Å²) in [5.41, 5.74) is 3.50. The molecule has 1 amide bonds. The molecular formula is C22H28N2O. The van der Waals surface area contributed by atoms with Gasteiger partial charge in [0.1, 0.15) is 0 Å². The van der Waals surface area contributed by atoms with Gasteiger partial charge in [-0.1, -0.05) is 54.6 Å². The van der Waals surface area contributed by atoms with Gasteiger partial charge in [0.2, 0.25) is 5.91 Å². The van der Waals surface area contributed by atoms with Gasteiger partial charge in [0.15, 0.2) is 0 Å². The van der Waals surface area contributed by atoms with Crippen LogP contribution in [0.1, 0.15) is 24.8 Å². The third kappa shape index (κ3) is 4.70. The van der Waals surface area contributed by atoms with Crippen LogP contribution in [-0.2, 0) is 11.2 Å².